The van der Waals surface area contributed by atoms with Gasteiger partial charge in [0.15, 0.2) is 5.84 Å². The van der Waals surface area contributed by atoms with Crippen molar-refractivity contribution < 1.29 is 27.9 Å². The van der Waals surface area contributed by atoms with Gasteiger partial charge in [0.05, 0.1) is 5.56 Å². The molecule has 0 spiro atoms. The van der Waals surface area contributed by atoms with Crippen LogP contribution in [0.15, 0.2) is 23.4 Å². The number of carbonyl (C=O) groups excluding carboxylic acids is 1. The van der Waals surface area contributed by atoms with E-state index in [1.165, 1.54) is 20.1 Å². The van der Waals surface area contributed by atoms with Gasteiger partial charge in [-0.25, -0.2) is 0 Å². The van der Waals surface area contributed by atoms with Crippen LogP contribution in [0.2, 0.25) is 0 Å². The number of amidine groups is 1. The molecule has 0 aliphatic rings. The maximum atomic E-state index is 13.0. The smallest absolute Gasteiger partial charge is 0.409 e. The van der Waals surface area contributed by atoms with E-state index in [1.807, 2.05) is 0 Å². The van der Waals surface area contributed by atoms with E-state index >= 15 is 0 Å². The van der Waals surface area contributed by atoms with Crippen molar-refractivity contribution in [1.29, 1.82) is 0 Å². The number of halogens is 3. The molecule has 0 heterocycles. The van der Waals surface area contributed by atoms with E-state index in [0.717, 1.165) is 6.07 Å². The number of rotatable bonds is 4. The number of oxime groups is 1. The van der Waals surface area contributed by atoms with Gasteiger partial charge in [0.2, 0.25) is 0 Å². The van der Waals surface area contributed by atoms with Crippen molar-refractivity contribution in [3.05, 3.63) is 29.3 Å². The van der Waals surface area contributed by atoms with Gasteiger partial charge in [0.25, 0.3) is 5.91 Å². The van der Waals surface area contributed by atoms with Crippen LogP contribution in [-0.2, 0) is 15.7 Å². The molecule has 0 aliphatic carbocycles. The van der Waals surface area contributed by atoms with Crippen molar-refractivity contribution in [2.24, 2.45) is 10.9 Å². The van der Waals surface area contributed by atoms with Gasteiger partial charge in [0.1, 0.15) is 6.10 Å². The molecule has 0 radical (unpaired) electrons. The van der Waals surface area contributed by atoms with Gasteiger partial charge in [-0.1, -0.05) is 5.16 Å². The minimum Gasteiger partial charge on any atom is -0.409 e. The standard InChI is InChI=1S/C12H14F3N3O3/c1-6(21-2)11(19)17-7-3-4-8(10(16)18-20)9(5-7)12(13,14)15/h3-6,20H,1-2H3,(H2,16,18)(H,17,19). The van der Waals surface area contributed by atoms with Crippen LogP contribution in [0, 0.1) is 0 Å². The molecule has 1 unspecified atom stereocenters. The molecule has 0 aromatic heterocycles. The Morgan fingerprint density at radius 3 is 2.57 bits per heavy atom. The van der Waals surface area contributed by atoms with Gasteiger partial charge in [-0.3, -0.25) is 4.79 Å². The number of hydrogen-bond donors (Lipinski definition) is 3. The van der Waals surface area contributed by atoms with Crippen LogP contribution in [0.1, 0.15) is 18.1 Å². The lowest BCUT2D eigenvalue weighted by molar-refractivity contribution is -0.137. The number of nitrogens with zero attached hydrogens (tertiary/aromatic N) is 1. The van der Waals surface area contributed by atoms with Crippen LogP contribution in [0.4, 0.5) is 18.9 Å². The molecular weight excluding hydrogens is 291 g/mol. The van der Waals surface area contributed by atoms with Gasteiger partial charge < -0.3 is 21.0 Å². The highest BCUT2D eigenvalue weighted by Gasteiger charge is 2.35. The van der Waals surface area contributed by atoms with E-state index in [1.54, 1.807) is 0 Å². The van der Waals surface area contributed by atoms with Crippen LogP contribution in [0.3, 0.4) is 0 Å². The molecule has 6 nitrogen and oxygen atoms in total. The predicted octanol–water partition coefficient (Wildman–Crippen LogP) is 1.77. The van der Waals surface area contributed by atoms with Gasteiger partial charge in [-0.15, -0.1) is 0 Å². The van der Waals surface area contributed by atoms with E-state index in [4.69, 9.17) is 15.7 Å². The Balaban J connectivity index is 3.20. The summed E-state index contributed by atoms with van der Waals surface area (Å²) in [6, 6.07) is 2.92. The molecular formula is C12H14F3N3O3. The van der Waals surface area contributed by atoms with E-state index in [9.17, 15) is 18.0 Å². The molecule has 0 bridgehead atoms. The number of nitrogens with one attached hydrogen (secondary N) is 1. The quantitative estimate of drug-likeness (QED) is 0.342. The van der Waals surface area contributed by atoms with Gasteiger partial charge >= 0.3 is 6.18 Å². The van der Waals surface area contributed by atoms with Gasteiger partial charge in [0, 0.05) is 18.4 Å². The third kappa shape index (κ3) is 4.09. The zero-order valence-corrected chi connectivity index (χ0v) is 11.2. The maximum absolute atomic E-state index is 13.0. The van der Waals surface area contributed by atoms with E-state index in [-0.39, 0.29) is 5.69 Å². The number of methoxy groups -OCH3 is 1. The number of carbonyl (C=O) groups is 1. The lowest BCUT2D eigenvalue weighted by Gasteiger charge is -2.15. The highest BCUT2D eigenvalue weighted by atomic mass is 19.4. The normalized spacial score (nSPS) is 13.9. The molecule has 4 N–H and O–H groups in total. The van der Waals surface area contributed by atoms with Crippen molar-refractivity contribution in [2.45, 2.75) is 19.2 Å². The first-order chi connectivity index (χ1) is 9.70. The fraction of sp³-hybridized carbons (Fsp3) is 0.333. The number of amides is 1. The van der Waals surface area contributed by atoms with Gasteiger partial charge in [-0.05, 0) is 25.1 Å². The first-order valence-corrected chi connectivity index (χ1v) is 5.73. The molecule has 0 saturated carbocycles. The van der Waals surface area contributed by atoms with E-state index in [2.05, 4.69) is 10.5 Å². The summed E-state index contributed by atoms with van der Waals surface area (Å²) in [5.74, 6) is -1.27. The Morgan fingerprint density at radius 1 is 1.48 bits per heavy atom. The number of hydrogen-bond acceptors (Lipinski definition) is 4. The van der Waals surface area contributed by atoms with Crippen LogP contribution in [0.25, 0.3) is 0 Å². The Morgan fingerprint density at radius 2 is 2.10 bits per heavy atom. The molecule has 1 aromatic carbocycles. The number of alkyl halides is 3. The summed E-state index contributed by atoms with van der Waals surface area (Å²) in [6.07, 6.45) is -5.54. The zero-order chi connectivity index (χ0) is 16.2. The van der Waals surface area contributed by atoms with Crippen molar-refractivity contribution >= 4 is 17.4 Å². The van der Waals surface area contributed by atoms with Crippen LogP contribution < -0.4 is 11.1 Å². The molecule has 9 heteroatoms. The first-order valence-electron chi connectivity index (χ1n) is 5.73. The second kappa shape index (κ2) is 6.44. The van der Waals surface area contributed by atoms with E-state index in [0.29, 0.717) is 6.07 Å². The highest BCUT2D eigenvalue weighted by molar-refractivity contribution is 6.00. The summed E-state index contributed by atoms with van der Waals surface area (Å²) in [6.45, 7) is 1.45. The minimum absolute atomic E-state index is 0.0780. The highest BCUT2D eigenvalue weighted by Crippen LogP contribution is 2.33. The molecule has 0 fully saturated rings. The SMILES string of the molecule is COC(C)C(=O)Nc1ccc(/C(N)=N/O)c(C(F)(F)F)c1. The first kappa shape index (κ1) is 16.8. The monoisotopic (exact) mass is 305 g/mol. The van der Waals surface area contributed by atoms with Crippen molar-refractivity contribution in [2.75, 3.05) is 12.4 Å². The average Bonchev–Trinajstić information content (AvgIpc) is 2.44. The lowest BCUT2D eigenvalue weighted by Crippen LogP contribution is -2.27. The molecule has 1 atom stereocenters. The Hall–Kier alpha value is -2.29. The molecule has 0 aliphatic heterocycles. The second-order valence-corrected chi connectivity index (χ2v) is 4.11. The molecule has 21 heavy (non-hydrogen) atoms. The largest absolute Gasteiger partial charge is 0.417 e. The predicted molar refractivity (Wildman–Crippen MR) is 69.1 cm³/mol. The van der Waals surface area contributed by atoms with Crippen molar-refractivity contribution in [3.63, 3.8) is 0 Å². The lowest BCUT2D eigenvalue weighted by atomic mass is 10.0. The molecule has 116 valence electrons. The number of nitrogens with two attached hydrogens (primary N) is 1. The second-order valence-electron chi connectivity index (χ2n) is 4.11. The third-order valence-corrected chi connectivity index (χ3v) is 2.70. The summed E-state index contributed by atoms with van der Waals surface area (Å²) in [4.78, 5) is 11.6. The minimum atomic E-state index is -4.72. The van der Waals surface area contributed by atoms with Crippen LogP contribution >= 0.6 is 0 Å². The topological polar surface area (TPSA) is 96.9 Å². The third-order valence-electron chi connectivity index (χ3n) is 2.70. The molecule has 1 amide bonds. The maximum Gasteiger partial charge on any atom is 0.417 e. The molecule has 1 rings (SSSR count). The Bertz CT molecular complexity index is 558. The summed E-state index contributed by atoms with van der Waals surface area (Å²) in [5, 5.41) is 13.3. The van der Waals surface area contributed by atoms with Crippen molar-refractivity contribution in [3.8, 4) is 0 Å². The van der Waals surface area contributed by atoms with E-state index < -0.39 is 35.1 Å². The Labute approximate surface area is 118 Å². The summed E-state index contributed by atoms with van der Waals surface area (Å²) >= 11 is 0. The number of ether oxygens (including phenoxy) is 1. The summed E-state index contributed by atoms with van der Waals surface area (Å²) in [5.41, 5.74) is 3.52. The summed E-state index contributed by atoms with van der Waals surface area (Å²) in [7, 11) is 1.30. The van der Waals surface area contributed by atoms with Crippen LogP contribution in [0.5, 0.6) is 0 Å². The van der Waals surface area contributed by atoms with Gasteiger partial charge in [-0.2, -0.15) is 13.2 Å². The van der Waals surface area contributed by atoms with Crippen molar-refractivity contribution in [1.82, 2.24) is 0 Å². The summed E-state index contributed by atoms with van der Waals surface area (Å²) < 4.78 is 43.6. The Kier molecular flexibility index (Phi) is 5.14. The average molecular weight is 305 g/mol. The zero-order valence-electron chi connectivity index (χ0n) is 11.2. The molecule has 0 saturated heterocycles. The fourth-order valence-electron chi connectivity index (χ4n) is 1.48. The fourth-order valence-corrected chi connectivity index (χ4v) is 1.48. The number of anilines is 1. The number of benzene rings is 1. The molecule has 1 aromatic rings. The van der Waals surface area contributed by atoms with Crippen LogP contribution in [-0.4, -0.2) is 30.2 Å².